The van der Waals surface area contributed by atoms with E-state index in [4.69, 9.17) is 0 Å². The molecule has 6 nitrogen and oxygen atoms in total. The van der Waals surface area contributed by atoms with Crippen molar-refractivity contribution in [3.8, 4) is 0 Å². The summed E-state index contributed by atoms with van der Waals surface area (Å²) in [5, 5.41) is 11.7. The summed E-state index contributed by atoms with van der Waals surface area (Å²) in [6, 6.07) is 12.6. The monoisotopic (exact) mass is 448 g/mol. The molecule has 1 saturated heterocycles. The van der Waals surface area contributed by atoms with Crippen LogP contribution in [-0.4, -0.2) is 46.2 Å². The van der Waals surface area contributed by atoms with Gasteiger partial charge in [0.2, 0.25) is 0 Å². The summed E-state index contributed by atoms with van der Waals surface area (Å²) >= 11 is 0. The number of aromatic nitrogens is 2. The van der Waals surface area contributed by atoms with Crippen molar-refractivity contribution in [1.29, 1.82) is 0 Å². The van der Waals surface area contributed by atoms with Crippen molar-refractivity contribution in [3.05, 3.63) is 75.5 Å². The molecule has 1 aliphatic heterocycles. The van der Waals surface area contributed by atoms with E-state index >= 15 is 0 Å². The normalized spacial score (nSPS) is 20.2. The average molecular weight is 449 g/mol. The Balaban J connectivity index is 1.29. The molecule has 0 radical (unpaired) electrons. The summed E-state index contributed by atoms with van der Waals surface area (Å²) in [7, 11) is 0. The number of carbonyl (C=O) groups excluding carboxylic acids is 1. The summed E-state index contributed by atoms with van der Waals surface area (Å²) in [6.45, 7) is 5.78. The largest absolute Gasteiger partial charge is 0.335 e. The van der Waals surface area contributed by atoms with Gasteiger partial charge in [0.05, 0.1) is 16.6 Å². The first-order chi connectivity index (χ1) is 15.8. The van der Waals surface area contributed by atoms with Gasteiger partial charge in [0.25, 0.3) is 11.5 Å². The second kappa shape index (κ2) is 8.37. The number of H-pyrrole nitrogens is 1. The zero-order chi connectivity index (χ0) is 23.2. The summed E-state index contributed by atoms with van der Waals surface area (Å²) in [6.07, 6.45) is 4.01. The van der Waals surface area contributed by atoms with Crippen molar-refractivity contribution in [2.24, 2.45) is 5.41 Å². The van der Waals surface area contributed by atoms with Gasteiger partial charge in [0.15, 0.2) is 0 Å². The Hall–Kier alpha value is -3.06. The second-order valence-corrected chi connectivity index (χ2v) is 10.0. The number of benzene rings is 2. The molecule has 2 aromatic carbocycles. The number of fused-ring (bicyclic) bond motifs is 1. The topological polar surface area (TPSA) is 78.1 Å². The van der Waals surface area contributed by atoms with E-state index in [1.54, 1.807) is 29.2 Å². The molecule has 172 valence electrons. The molecule has 33 heavy (non-hydrogen) atoms. The fourth-order valence-corrected chi connectivity index (χ4v) is 5.19. The molecule has 1 aliphatic carbocycles. The third-order valence-corrected chi connectivity index (χ3v) is 7.27. The average Bonchev–Trinajstić information content (AvgIpc) is 3.11. The van der Waals surface area contributed by atoms with Crippen LogP contribution in [0.5, 0.6) is 0 Å². The molecular weight excluding hydrogens is 419 g/mol. The van der Waals surface area contributed by atoms with Crippen molar-refractivity contribution in [1.82, 2.24) is 20.4 Å². The minimum absolute atomic E-state index is 0.0841. The number of halogens is 1. The van der Waals surface area contributed by atoms with Crippen LogP contribution in [0.2, 0.25) is 0 Å². The van der Waals surface area contributed by atoms with Crippen LogP contribution < -0.4 is 10.9 Å². The highest BCUT2D eigenvalue weighted by Gasteiger charge is 2.39. The zero-order valence-electron chi connectivity index (χ0n) is 19.0. The molecule has 1 atom stereocenters. The van der Waals surface area contributed by atoms with Gasteiger partial charge < -0.3 is 10.2 Å². The van der Waals surface area contributed by atoms with Gasteiger partial charge in [-0.3, -0.25) is 9.59 Å². The van der Waals surface area contributed by atoms with E-state index in [1.807, 2.05) is 12.1 Å². The smallest absolute Gasteiger partial charge is 0.272 e. The minimum Gasteiger partial charge on any atom is -0.335 e. The molecular formula is C26H29FN4O2. The Kier molecular flexibility index (Phi) is 5.52. The fourth-order valence-electron chi connectivity index (χ4n) is 5.19. The molecule has 2 fully saturated rings. The lowest BCUT2D eigenvalue weighted by Gasteiger charge is -2.43. The SMILES string of the molecule is CC1(C)CCCC1NC1CN(C(=O)c2cc(Cc3n[nH]c(=O)c4ccccc34)ccc2F)C1. The fraction of sp³-hybridized carbons (Fsp3) is 0.423. The van der Waals surface area contributed by atoms with Gasteiger partial charge in [-0.05, 0) is 42.0 Å². The van der Waals surface area contributed by atoms with Crippen LogP contribution in [0, 0.1) is 11.2 Å². The number of carbonyl (C=O) groups is 1. The van der Waals surface area contributed by atoms with E-state index in [0.29, 0.717) is 36.6 Å². The molecule has 2 heterocycles. The zero-order valence-corrected chi connectivity index (χ0v) is 19.0. The highest BCUT2D eigenvalue weighted by atomic mass is 19.1. The highest BCUT2D eigenvalue weighted by molar-refractivity contribution is 5.95. The molecule has 1 amide bonds. The first-order valence-corrected chi connectivity index (χ1v) is 11.6. The van der Waals surface area contributed by atoms with Gasteiger partial charge >= 0.3 is 0 Å². The van der Waals surface area contributed by atoms with Crippen LogP contribution in [-0.2, 0) is 6.42 Å². The maximum Gasteiger partial charge on any atom is 0.272 e. The van der Waals surface area contributed by atoms with Crippen molar-refractivity contribution < 1.29 is 9.18 Å². The number of nitrogens with one attached hydrogen (secondary N) is 2. The van der Waals surface area contributed by atoms with Gasteiger partial charge in [0, 0.05) is 37.0 Å². The van der Waals surface area contributed by atoms with Crippen LogP contribution in [0.25, 0.3) is 10.8 Å². The van der Waals surface area contributed by atoms with E-state index in [1.165, 1.54) is 25.3 Å². The standard InChI is InChI=1S/C26H29FN4O2/c1-26(2)11-5-8-23(26)28-17-14-31(15-17)25(33)20-12-16(9-10-21(20)27)13-22-18-6-3-4-7-19(18)24(32)30-29-22/h3-4,6-7,9-10,12,17,23,28H,5,8,11,13-15H2,1-2H3,(H,30,32). The first-order valence-electron chi connectivity index (χ1n) is 11.6. The minimum atomic E-state index is -0.517. The third-order valence-electron chi connectivity index (χ3n) is 7.27. The number of likely N-dealkylation sites (tertiary alicyclic amines) is 1. The Morgan fingerprint density at radius 1 is 1.21 bits per heavy atom. The lowest BCUT2D eigenvalue weighted by Crippen LogP contribution is -2.62. The van der Waals surface area contributed by atoms with Crippen LogP contribution in [0.4, 0.5) is 4.39 Å². The molecule has 2 N–H and O–H groups in total. The van der Waals surface area contributed by atoms with Crippen LogP contribution >= 0.6 is 0 Å². The molecule has 0 spiro atoms. The highest BCUT2D eigenvalue weighted by Crippen LogP contribution is 2.37. The first kappa shape index (κ1) is 21.8. The van der Waals surface area contributed by atoms with Crippen molar-refractivity contribution in [2.45, 2.75) is 51.6 Å². The number of rotatable bonds is 5. The maximum atomic E-state index is 14.6. The van der Waals surface area contributed by atoms with Gasteiger partial charge in [-0.2, -0.15) is 5.10 Å². The van der Waals surface area contributed by atoms with E-state index in [-0.39, 0.29) is 28.5 Å². The summed E-state index contributed by atoms with van der Waals surface area (Å²) < 4.78 is 14.6. The number of amides is 1. The predicted octanol–water partition coefficient (Wildman–Crippen LogP) is 3.65. The van der Waals surface area contributed by atoms with Gasteiger partial charge in [-0.1, -0.05) is 44.5 Å². The van der Waals surface area contributed by atoms with Gasteiger partial charge in [-0.25, -0.2) is 9.49 Å². The summed E-state index contributed by atoms with van der Waals surface area (Å²) in [5.74, 6) is -0.797. The van der Waals surface area contributed by atoms with E-state index < -0.39 is 5.82 Å². The van der Waals surface area contributed by atoms with E-state index in [2.05, 4.69) is 29.4 Å². The van der Waals surface area contributed by atoms with E-state index in [0.717, 1.165) is 10.9 Å². The van der Waals surface area contributed by atoms with Crippen molar-refractivity contribution in [2.75, 3.05) is 13.1 Å². The lowest BCUT2D eigenvalue weighted by atomic mass is 9.86. The van der Waals surface area contributed by atoms with Crippen LogP contribution in [0.3, 0.4) is 0 Å². The van der Waals surface area contributed by atoms with Crippen LogP contribution in [0.1, 0.15) is 54.7 Å². The van der Waals surface area contributed by atoms with Crippen molar-refractivity contribution >= 4 is 16.7 Å². The van der Waals surface area contributed by atoms with Gasteiger partial charge in [0.1, 0.15) is 5.82 Å². The summed E-state index contributed by atoms with van der Waals surface area (Å²) in [5.41, 5.74) is 1.58. The van der Waals surface area contributed by atoms with Crippen LogP contribution in [0.15, 0.2) is 47.3 Å². The summed E-state index contributed by atoms with van der Waals surface area (Å²) in [4.78, 5) is 26.8. The quantitative estimate of drug-likeness (QED) is 0.625. The number of aromatic amines is 1. The molecule has 2 aliphatic rings. The predicted molar refractivity (Wildman–Crippen MR) is 126 cm³/mol. The Labute approximate surface area is 192 Å². The maximum absolute atomic E-state index is 14.6. The molecule has 3 aromatic rings. The molecule has 0 bridgehead atoms. The number of hydrogen-bond donors (Lipinski definition) is 2. The number of hydrogen-bond acceptors (Lipinski definition) is 4. The van der Waals surface area contributed by atoms with Gasteiger partial charge in [-0.15, -0.1) is 0 Å². The Bertz CT molecular complexity index is 1260. The molecule has 5 rings (SSSR count). The molecule has 1 aromatic heterocycles. The molecule has 1 unspecified atom stereocenters. The Morgan fingerprint density at radius 3 is 2.70 bits per heavy atom. The van der Waals surface area contributed by atoms with E-state index in [9.17, 15) is 14.0 Å². The molecule has 7 heteroatoms. The van der Waals surface area contributed by atoms with Crippen molar-refractivity contribution in [3.63, 3.8) is 0 Å². The Morgan fingerprint density at radius 2 is 1.97 bits per heavy atom. The second-order valence-electron chi connectivity index (χ2n) is 10.0. The third kappa shape index (κ3) is 4.17. The number of nitrogens with zero attached hydrogens (tertiary/aromatic N) is 2. The lowest BCUT2D eigenvalue weighted by molar-refractivity contribution is 0.0524. The molecule has 1 saturated carbocycles.